The second kappa shape index (κ2) is 5.94. The summed E-state index contributed by atoms with van der Waals surface area (Å²) in [6, 6.07) is 4.21. The highest BCUT2D eigenvalue weighted by Crippen LogP contribution is 2.19. The van der Waals surface area contributed by atoms with Gasteiger partial charge < -0.3 is 10.2 Å². The average molecular weight is 271 g/mol. The molecule has 3 heterocycles. The molecule has 1 fully saturated rings. The normalized spacial score (nSPS) is 15.3. The lowest BCUT2D eigenvalue weighted by Crippen LogP contribution is -2.30. The van der Waals surface area contributed by atoms with E-state index in [-0.39, 0.29) is 0 Å². The summed E-state index contributed by atoms with van der Waals surface area (Å²) in [7, 11) is 1.93. The molecule has 0 saturated carbocycles. The molecule has 0 aliphatic carbocycles. The van der Waals surface area contributed by atoms with Crippen LogP contribution in [-0.2, 0) is 13.6 Å². The number of aryl methyl sites for hydroxylation is 1. The molecule has 0 atom stereocenters. The van der Waals surface area contributed by atoms with Gasteiger partial charge in [-0.1, -0.05) is 0 Å². The van der Waals surface area contributed by atoms with E-state index < -0.39 is 0 Å². The molecule has 0 aromatic carbocycles. The molecular weight excluding hydrogens is 250 g/mol. The van der Waals surface area contributed by atoms with E-state index in [0.29, 0.717) is 0 Å². The molecule has 1 aliphatic rings. The van der Waals surface area contributed by atoms with Crippen molar-refractivity contribution in [2.45, 2.75) is 25.8 Å². The fourth-order valence-electron chi connectivity index (χ4n) is 2.57. The monoisotopic (exact) mass is 271 g/mol. The van der Waals surface area contributed by atoms with E-state index in [9.17, 15) is 0 Å². The maximum atomic E-state index is 4.56. The molecule has 106 valence electrons. The quantitative estimate of drug-likeness (QED) is 0.927. The Balaban J connectivity index is 1.58. The zero-order chi connectivity index (χ0) is 13.8. The fourth-order valence-corrected chi connectivity index (χ4v) is 2.57. The van der Waals surface area contributed by atoms with Crippen LogP contribution in [0.5, 0.6) is 0 Å². The van der Waals surface area contributed by atoms with Gasteiger partial charge in [0.2, 0.25) is 0 Å². The summed E-state index contributed by atoms with van der Waals surface area (Å²) in [5.74, 6) is 1.09. The first-order valence-corrected chi connectivity index (χ1v) is 7.24. The summed E-state index contributed by atoms with van der Waals surface area (Å²) in [5.41, 5.74) is 2.22. The van der Waals surface area contributed by atoms with Crippen molar-refractivity contribution >= 4 is 11.5 Å². The number of hydrogen-bond acceptors (Lipinski definition) is 4. The first-order chi connectivity index (χ1) is 9.81. The molecule has 2 aromatic heterocycles. The molecule has 1 aliphatic heterocycles. The van der Waals surface area contributed by atoms with Gasteiger partial charge in [0.05, 0.1) is 18.1 Å². The number of anilines is 2. The summed E-state index contributed by atoms with van der Waals surface area (Å²) in [6.07, 6.45) is 9.72. The maximum Gasteiger partial charge on any atom is 0.128 e. The van der Waals surface area contributed by atoms with Crippen LogP contribution >= 0.6 is 0 Å². The highest BCUT2D eigenvalue weighted by molar-refractivity contribution is 5.49. The first kappa shape index (κ1) is 13.0. The molecule has 0 spiro atoms. The van der Waals surface area contributed by atoms with Crippen LogP contribution in [0.2, 0.25) is 0 Å². The van der Waals surface area contributed by atoms with E-state index in [1.165, 1.54) is 24.8 Å². The Morgan fingerprint density at radius 1 is 1.15 bits per heavy atom. The van der Waals surface area contributed by atoms with Crippen molar-refractivity contribution in [3.05, 3.63) is 36.3 Å². The zero-order valence-corrected chi connectivity index (χ0v) is 11.9. The van der Waals surface area contributed by atoms with Gasteiger partial charge in [-0.05, 0) is 31.4 Å². The van der Waals surface area contributed by atoms with E-state index in [1.54, 1.807) is 0 Å². The Bertz CT molecular complexity index is 540. The zero-order valence-electron chi connectivity index (χ0n) is 11.9. The van der Waals surface area contributed by atoms with Crippen LogP contribution in [0.1, 0.15) is 24.8 Å². The van der Waals surface area contributed by atoms with Crippen molar-refractivity contribution in [2.24, 2.45) is 7.05 Å². The lowest BCUT2D eigenvalue weighted by Gasteiger charge is -2.27. The van der Waals surface area contributed by atoms with E-state index >= 15 is 0 Å². The van der Waals surface area contributed by atoms with Crippen molar-refractivity contribution < 1.29 is 0 Å². The van der Waals surface area contributed by atoms with Crippen LogP contribution in [0.4, 0.5) is 11.5 Å². The molecule has 0 unspecified atom stereocenters. The predicted molar refractivity (Wildman–Crippen MR) is 80.8 cm³/mol. The lowest BCUT2D eigenvalue weighted by atomic mass is 10.1. The topological polar surface area (TPSA) is 46.0 Å². The number of nitrogens with zero attached hydrogens (tertiary/aromatic N) is 4. The predicted octanol–water partition coefficient (Wildman–Crippen LogP) is 2.42. The molecule has 0 radical (unpaired) electrons. The third-order valence-corrected chi connectivity index (χ3v) is 3.68. The molecule has 0 bridgehead atoms. The Kier molecular flexibility index (Phi) is 3.85. The number of hydrogen-bond donors (Lipinski definition) is 1. The molecular formula is C15H21N5. The van der Waals surface area contributed by atoms with Gasteiger partial charge >= 0.3 is 0 Å². The SMILES string of the molecule is Cn1cc(CNc2ccc(N3CCCCC3)nc2)cn1. The first-order valence-electron chi connectivity index (χ1n) is 7.24. The molecule has 1 N–H and O–H groups in total. The Hall–Kier alpha value is -2.04. The standard InChI is InChI=1S/C15H21N5/c1-19-12-13(10-18-19)9-16-14-5-6-15(17-11-14)20-7-3-2-4-8-20/h5-6,10-12,16H,2-4,7-9H2,1H3. The smallest absolute Gasteiger partial charge is 0.128 e. The van der Waals surface area contributed by atoms with Crippen LogP contribution in [-0.4, -0.2) is 27.9 Å². The summed E-state index contributed by atoms with van der Waals surface area (Å²) in [4.78, 5) is 6.93. The average Bonchev–Trinajstić information content (AvgIpc) is 2.92. The van der Waals surface area contributed by atoms with Crippen LogP contribution in [0.15, 0.2) is 30.7 Å². The minimum atomic E-state index is 0.776. The largest absolute Gasteiger partial charge is 0.380 e. The maximum absolute atomic E-state index is 4.56. The summed E-state index contributed by atoms with van der Waals surface area (Å²) in [5, 5.41) is 7.53. The highest BCUT2D eigenvalue weighted by Gasteiger charge is 2.11. The van der Waals surface area contributed by atoms with Gasteiger partial charge in [0, 0.05) is 38.4 Å². The Morgan fingerprint density at radius 2 is 2.00 bits per heavy atom. The molecule has 3 rings (SSSR count). The lowest BCUT2D eigenvalue weighted by molar-refractivity contribution is 0.573. The van der Waals surface area contributed by atoms with Crippen molar-refractivity contribution in [2.75, 3.05) is 23.3 Å². The van der Waals surface area contributed by atoms with Gasteiger partial charge in [-0.2, -0.15) is 5.10 Å². The molecule has 20 heavy (non-hydrogen) atoms. The van der Waals surface area contributed by atoms with Gasteiger partial charge in [-0.25, -0.2) is 4.98 Å². The number of nitrogens with one attached hydrogen (secondary N) is 1. The molecule has 5 heteroatoms. The van der Waals surface area contributed by atoms with E-state index in [1.807, 2.05) is 30.3 Å². The third kappa shape index (κ3) is 3.10. The van der Waals surface area contributed by atoms with Crippen molar-refractivity contribution in [1.82, 2.24) is 14.8 Å². The molecule has 1 saturated heterocycles. The van der Waals surface area contributed by atoms with Gasteiger partial charge in [-0.15, -0.1) is 0 Å². The van der Waals surface area contributed by atoms with E-state index in [2.05, 4.69) is 32.4 Å². The van der Waals surface area contributed by atoms with Crippen molar-refractivity contribution in [3.63, 3.8) is 0 Å². The van der Waals surface area contributed by atoms with Gasteiger partial charge in [0.15, 0.2) is 0 Å². The summed E-state index contributed by atoms with van der Waals surface area (Å²) in [6.45, 7) is 3.05. The molecule has 0 amide bonds. The second-order valence-electron chi connectivity index (χ2n) is 5.33. The summed E-state index contributed by atoms with van der Waals surface area (Å²) < 4.78 is 1.81. The second-order valence-corrected chi connectivity index (χ2v) is 5.33. The Morgan fingerprint density at radius 3 is 2.65 bits per heavy atom. The minimum absolute atomic E-state index is 0.776. The van der Waals surface area contributed by atoms with Gasteiger partial charge in [-0.3, -0.25) is 4.68 Å². The van der Waals surface area contributed by atoms with Gasteiger partial charge in [0.1, 0.15) is 5.82 Å². The Labute approximate surface area is 119 Å². The van der Waals surface area contributed by atoms with Crippen LogP contribution < -0.4 is 10.2 Å². The molecule has 5 nitrogen and oxygen atoms in total. The van der Waals surface area contributed by atoms with Crippen molar-refractivity contribution in [1.29, 1.82) is 0 Å². The number of rotatable bonds is 4. The third-order valence-electron chi connectivity index (χ3n) is 3.68. The summed E-state index contributed by atoms with van der Waals surface area (Å²) >= 11 is 0. The highest BCUT2D eigenvalue weighted by atomic mass is 15.2. The van der Waals surface area contributed by atoms with E-state index in [0.717, 1.165) is 31.1 Å². The van der Waals surface area contributed by atoms with Crippen LogP contribution in [0.25, 0.3) is 0 Å². The number of piperidine rings is 1. The van der Waals surface area contributed by atoms with Crippen molar-refractivity contribution in [3.8, 4) is 0 Å². The van der Waals surface area contributed by atoms with E-state index in [4.69, 9.17) is 0 Å². The van der Waals surface area contributed by atoms with Gasteiger partial charge in [0.25, 0.3) is 0 Å². The fraction of sp³-hybridized carbons (Fsp3) is 0.467. The van der Waals surface area contributed by atoms with Crippen LogP contribution in [0.3, 0.4) is 0 Å². The molecule has 2 aromatic rings. The number of aromatic nitrogens is 3. The van der Waals surface area contributed by atoms with Crippen LogP contribution in [0, 0.1) is 0 Å². The minimum Gasteiger partial charge on any atom is -0.380 e. The number of pyridine rings is 1.